The molecule has 6 rings (SSSR count). The molecule has 2 aromatic carbocycles. The largest absolute Gasteiger partial charge is 0.306 e. The average Bonchev–Trinajstić information content (AvgIpc) is 3.35. The summed E-state index contributed by atoms with van der Waals surface area (Å²) < 4.78 is 0. The van der Waals surface area contributed by atoms with E-state index in [1.807, 2.05) is 6.07 Å². The summed E-state index contributed by atoms with van der Waals surface area (Å²) in [5, 5.41) is 0. The number of hydrogen-bond acceptors (Lipinski definition) is 3. The minimum Gasteiger partial charge on any atom is -0.306 e. The monoisotopic (exact) mass is 406 g/mol. The summed E-state index contributed by atoms with van der Waals surface area (Å²) in [6.45, 7) is 2.13. The van der Waals surface area contributed by atoms with Crippen molar-refractivity contribution in [1.29, 1.82) is 0 Å². The van der Waals surface area contributed by atoms with Crippen LogP contribution in [-0.2, 0) is 11.8 Å². The normalized spacial score (nSPS) is 19.4. The number of ketones is 1. The zero-order valence-corrected chi connectivity index (χ0v) is 17.9. The van der Waals surface area contributed by atoms with E-state index in [2.05, 4.69) is 72.6 Å². The molecule has 0 atom stereocenters. The number of nitrogens with zero attached hydrogens (tertiary/aromatic N) is 2. The smallest absolute Gasteiger partial charge is 0.164 e. The third-order valence-corrected chi connectivity index (χ3v) is 7.48. The highest BCUT2D eigenvalue weighted by Crippen LogP contribution is 2.47. The van der Waals surface area contributed by atoms with E-state index in [-0.39, 0.29) is 5.41 Å². The van der Waals surface area contributed by atoms with Crippen LogP contribution in [0.1, 0.15) is 52.0 Å². The van der Waals surface area contributed by atoms with Crippen LogP contribution >= 0.6 is 0 Å². The van der Waals surface area contributed by atoms with Gasteiger partial charge >= 0.3 is 0 Å². The molecule has 1 aliphatic heterocycles. The Hall–Kier alpha value is -3.04. The summed E-state index contributed by atoms with van der Waals surface area (Å²) in [4.78, 5) is 20.1. The van der Waals surface area contributed by atoms with Gasteiger partial charge in [0.2, 0.25) is 0 Å². The second kappa shape index (κ2) is 7.00. The number of carbonyl (C=O) groups is 1. The molecule has 0 N–H and O–H groups in total. The van der Waals surface area contributed by atoms with Gasteiger partial charge in [-0.1, -0.05) is 54.6 Å². The molecule has 0 saturated carbocycles. The molecule has 2 heterocycles. The quantitative estimate of drug-likeness (QED) is 0.580. The molecule has 3 aliphatic rings. The van der Waals surface area contributed by atoms with Gasteiger partial charge in [-0.15, -0.1) is 0 Å². The minimum atomic E-state index is 0.0341. The van der Waals surface area contributed by atoms with E-state index in [0.29, 0.717) is 12.2 Å². The summed E-state index contributed by atoms with van der Waals surface area (Å²) in [6, 6.07) is 21.2. The summed E-state index contributed by atoms with van der Waals surface area (Å²) in [5.41, 5.74) is 9.29. The zero-order chi connectivity index (χ0) is 21.0. The number of hydrogen-bond donors (Lipinski definition) is 0. The molecule has 1 fully saturated rings. The topological polar surface area (TPSA) is 33.2 Å². The first-order valence-electron chi connectivity index (χ1n) is 11.3. The summed E-state index contributed by atoms with van der Waals surface area (Å²) in [6.07, 6.45) is 5.98. The van der Waals surface area contributed by atoms with Gasteiger partial charge in [-0.2, -0.15) is 0 Å². The van der Waals surface area contributed by atoms with Crippen molar-refractivity contribution in [2.75, 3.05) is 20.1 Å². The predicted molar refractivity (Wildman–Crippen MR) is 124 cm³/mol. The molecule has 0 unspecified atom stereocenters. The molecule has 154 valence electrons. The third-order valence-electron chi connectivity index (χ3n) is 7.48. The lowest BCUT2D eigenvalue weighted by molar-refractivity contribution is 0.0945. The molecule has 3 aromatic rings. The third kappa shape index (κ3) is 2.99. The molecule has 1 aromatic heterocycles. The van der Waals surface area contributed by atoms with Crippen LogP contribution in [0.3, 0.4) is 0 Å². The number of likely N-dealkylation sites (tertiary alicyclic amines) is 1. The van der Waals surface area contributed by atoms with Crippen molar-refractivity contribution in [3.05, 3.63) is 94.7 Å². The lowest BCUT2D eigenvalue weighted by Gasteiger charge is -2.38. The van der Waals surface area contributed by atoms with Crippen molar-refractivity contribution in [3.8, 4) is 11.3 Å². The van der Waals surface area contributed by atoms with Crippen molar-refractivity contribution in [2.24, 2.45) is 0 Å². The molecule has 2 aliphatic carbocycles. The number of carbonyl (C=O) groups excluding carboxylic acids is 1. The number of benzene rings is 2. The Morgan fingerprint density at radius 1 is 0.903 bits per heavy atom. The highest BCUT2D eigenvalue weighted by molar-refractivity contribution is 6.03. The van der Waals surface area contributed by atoms with Gasteiger partial charge in [0.1, 0.15) is 0 Å². The summed E-state index contributed by atoms with van der Waals surface area (Å²) >= 11 is 0. The van der Waals surface area contributed by atoms with Crippen molar-refractivity contribution < 1.29 is 4.79 Å². The van der Waals surface area contributed by atoms with Crippen LogP contribution in [0.2, 0.25) is 0 Å². The van der Waals surface area contributed by atoms with E-state index in [1.165, 1.54) is 22.3 Å². The Morgan fingerprint density at radius 3 is 2.48 bits per heavy atom. The Labute approximate surface area is 183 Å². The molecular weight excluding hydrogens is 380 g/mol. The van der Waals surface area contributed by atoms with Crippen LogP contribution < -0.4 is 0 Å². The number of Topliss-reactive ketones (excluding diaryl/α,β-unsaturated/α-hetero) is 1. The number of rotatable bonds is 2. The maximum Gasteiger partial charge on any atom is 0.164 e. The number of fused-ring (bicyclic) bond motifs is 3. The van der Waals surface area contributed by atoms with Crippen LogP contribution in [0.4, 0.5) is 0 Å². The van der Waals surface area contributed by atoms with Crippen LogP contribution in [-0.4, -0.2) is 35.8 Å². The maximum absolute atomic E-state index is 12.8. The molecule has 0 amide bonds. The maximum atomic E-state index is 12.8. The first-order chi connectivity index (χ1) is 15.1. The second-order valence-electron chi connectivity index (χ2n) is 9.32. The standard InChI is InChI=1S/C28H26N2O/c1-30-15-13-28(14-16-30)18-27(31)23-8-7-20(17-24(23)28)21-9-12-26-22(21)10-11-25(29-26)19-5-3-2-4-6-19/h2-11,17H,12-16,18H2,1H3. The molecule has 1 saturated heterocycles. The van der Waals surface area contributed by atoms with Gasteiger partial charge in [0, 0.05) is 34.9 Å². The zero-order valence-electron chi connectivity index (χ0n) is 17.9. The Kier molecular flexibility index (Phi) is 4.22. The number of aromatic nitrogens is 1. The Morgan fingerprint density at radius 2 is 1.68 bits per heavy atom. The summed E-state index contributed by atoms with van der Waals surface area (Å²) in [7, 11) is 2.18. The second-order valence-corrected chi connectivity index (χ2v) is 9.32. The van der Waals surface area contributed by atoms with E-state index in [0.717, 1.165) is 54.9 Å². The van der Waals surface area contributed by atoms with Crippen molar-refractivity contribution in [1.82, 2.24) is 9.88 Å². The minimum absolute atomic E-state index is 0.0341. The van der Waals surface area contributed by atoms with Crippen molar-refractivity contribution in [2.45, 2.75) is 31.1 Å². The molecular formula is C28H26N2O. The van der Waals surface area contributed by atoms with Gasteiger partial charge < -0.3 is 4.90 Å². The average molecular weight is 407 g/mol. The highest BCUT2D eigenvalue weighted by atomic mass is 16.1. The fraction of sp³-hybridized carbons (Fsp3) is 0.286. The number of allylic oxidation sites excluding steroid dienone is 1. The highest BCUT2D eigenvalue weighted by Gasteiger charge is 2.44. The fourth-order valence-electron chi connectivity index (χ4n) is 5.64. The van der Waals surface area contributed by atoms with Crippen molar-refractivity contribution >= 4 is 11.4 Å². The van der Waals surface area contributed by atoms with E-state index >= 15 is 0 Å². The molecule has 1 spiro atoms. The Balaban J connectivity index is 1.37. The number of pyridine rings is 1. The molecule has 31 heavy (non-hydrogen) atoms. The van der Waals surface area contributed by atoms with Crippen LogP contribution in [0.5, 0.6) is 0 Å². The predicted octanol–water partition coefficient (Wildman–Crippen LogP) is 5.29. The lowest BCUT2D eigenvalue weighted by atomic mass is 9.73. The van der Waals surface area contributed by atoms with Gasteiger partial charge in [-0.05, 0) is 61.8 Å². The van der Waals surface area contributed by atoms with Crippen LogP contribution in [0, 0.1) is 0 Å². The first kappa shape index (κ1) is 18.7. The van der Waals surface area contributed by atoms with E-state index in [1.54, 1.807) is 0 Å². The van der Waals surface area contributed by atoms with Gasteiger partial charge in [0.25, 0.3) is 0 Å². The van der Waals surface area contributed by atoms with Gasteiger partial charge in [0.15, 0.2) is 5.78 Å². The molecule has 3 nitrogen and oxygen atoms in total. The van der Waals surface area contributed by atoms with Crippen molar-refractivity contribution in [3.63, 3.8) is 0 Å². The van der Waals surface area contributed by atoms with Gasteiger partial charge in [-0.25, -0.2) is 0 Å². The van der Waals surface area contributed by atoms with E-state index in [4.69, 9.17) is 4.98 Å². The molecule has 3 heteroatoms. The SMILES string of the molecule is CN1CCC2(CC1)CC(=O)c1ccc(C3=CCc4nc(-c5ccccc5)ccc43)cc12. The van der Waals surface area contributed by atoms with Crippen LogP contribution in [0.15, 0.2) is 66.7 Å². The van der Waals surface area contributed by atoms with Gasteiger partial charge in [-0.3, -0.25) is 9.78 Å². The first-order valence-corrected chi connectivity index (χ1v) is 11.3. The Bertz CT molecular complexity index is 1220. The lowest BCUT2D eigenvalue weighted by Crippen LogP contribution is -2.39. The van der Waals surface area contributed by atoms with E-state index in [9.17, 15) is 4.79 Å². The van der Waals surface area contributed by atoms with E-state index < -0.39 is 0 Å². The summed E-state index contributed by atoms with van der Waals surface area (Å²) in [5.74, 6) is 0.320. The molecule has 0 radical (unpaired) electrons. The fourth-order valence-corrected chi connectivity index (χ4v) is 5.64. The molecule has 0 bridgehead atoms. The van der Waals surface area contributed by atoms with Gasteiger partial charge in [0.05, 0.1) is 11.4 Å². The van der Waals surface area contributed by atoms with Crippen LogP contribution in [0.25, 0.3) is 16.8 Å². The number of piperidine rings is 1.